The molecule has 1 aliphatic rings. The van der Waals surface area contributed by atoms with Gasteiger partial charge >= 0.3 is 5.97 Å². The third-order valence-corrected chi connectivity index (χ3v) is 4.23. The van der Waals surface area contributed by atoms with Gasteiger partial charge in [0.15, 0.2) is 0 Å². The van der Waals surface area contributed by atoms with E-state index in [0.29, 0.717) is 30.5 Å². The zero-order chi connectivity index (χ0) is 14.9. The maximum Gasteiger partial charge on any atom is 0.311 e. The monoisotopic (exact) mass is 277 g/mol. The zero-order valence-corrected chi connectivity index (χ0v) is 11.7. The van der Waals surface area contributed by atoms with Gasteiger partial charge in [-0.1, -0.05) is 13.0 Å². The van der Waals surface area contributed by atoms with Gasteiger partial charge in [0.1, 0.15) is 5.75 Å². The highest BCUT2D eigenvalue weighted by Crippen LogP contribution is 2.35. The molecule has 1 fully saturated rings. The van der Waals surface area contributed by atoms with Crippen LogP contribution in [0, 0.1) is 12.3 Å². The van der Waals surface area contributed by atoms with Crippen LogP contribution in [0.5, 0.6) is 5.75 Å². The highest BCUT2D eigenvalue weighted by molar-refractivity contribution is 5.95. The van der Waals surface area contributed by atoms with Crippen LogP contribution >= 0.6 is 0 Å². The van der Waals surface area contributed by atoms with Crippen molar-refractivity contribution in [3.8, 4) is 5.75 Å². The van der Waals surface area contributed by atoms with Crippen LogP contribution in [0.4, 0.5) is 0 Å². The van der Waals surface area contributed by atoms with E-state index in [1.54, 1.807) is 24.0 Å². The van der Waals surface area contributed by atoms with Crippen LogP contribution in [0.25, 0.3) is 0 Å². The predicted molar refractivity (Wildman–Crippen MR) is 73.7 cm³/mol. The van der Waals surface area contributed by atoms with Crippen LogP contribution in [0.3, 0.4) is 0 Å². The summed E-state index contributed by atoms with van der Waals surface area (Å²) in [6, 6.07) is 4.78. The number of hydrogen-bond acceptors (Lipinski definition) is 3. The molecular weight excluding hydrogens is 258 g/mol. The largest absolute Gasteiger partial charge is 0.508 e. The number of carbonyl (C=O) groups is 2. The highest BCUT2D eigenvalue weighted by Gasteiger charge is 2.44. The summed E-state index contributed by atoms with van der Waals surface area (Å²) < 4.78 is 0. The summed E-state index contributed by atoms with van der Waals surface area (Å²) in [6.07, 6.45) is 0.980. The van der Waals surface area contributed by atoms with E-state index in [1.807, 2.05) is 6.92 Å². The Kier molecular flexibility index (Phi) is 3.70. The second-order valence-corrected chi connectivity index (χ2v) is 5.42. The van der Waals surface area contributed by atoms with E-state index < -0.39 is 11.4 Å². The molecule has 108 valence electrons. The first-order valence-electron chi connectivity index (χ1n) is 6.72. The van der Waals surface area contributed by atoms with Gasteiger partial charge in [-0.2, -0.15) is 0 Å². The summed E-state index contributed by atoms with van der Waals surface area (Å²) in [5, 5.41) is 19.0. The van der Waals surface area contributed by atoms with E-state index in [-0.39, 0.29) is 18.2 Å². The molecule has 0 aromatic heterocycles. The molecule has 20 heavy (non-hydrogen) atoms. The number of likely N-dealkylation sites (tertiary alicyclic amines) is 1. The SMILES string of the molecule is CCC1(C(=O)O)CCN(C(=O)c2ccc(C)c(O)c2)C1. The van der Waals surface area contributed by atoms with E-state index in [1.165, 1.54) is 6.07 Å². The molecular formula is C15H19NO4. The van der Waals surface area contributed by atoms with Gasteiger partial charge in [-0.3, -0.25) is 9.59 Å². The molecule has 1 amide bonds. The van der Waals surface area contributed by atoms with Gasteiger partial charge < -0.3 is 15.1 Å². The average Bonchev–Trinajstić information content (AvgIpc) is 2.87. The quantitative estimate of drug-likeness (QED) is 0.886. The minimum absolute atomic E-state index is 0.0787. The summed E-state index contributed by atoms with van der Waals surface area (Å²) in [7, 11) is 0. The number of carboxylic acids is 1. The zero-order valence-electron chi connectivity index (χ0n) is 11.7. The Morgan fingerprint density at radius 2 is 2.10 bits per heavy atom. The van der Waals surface area contributed by atoms with E-state index in [2.05, 4.69) is 0 Å². The Morgan fingerprint density at radius 3 is 2.60 bits per heavy atom. The van der Waals surface area contributed by atoms with Gasteiger partial charge in [-0.15, -0.1) is 0 Å². The van der Waals surface area contributed by atoms with Crippen molar-refractivity contribution in [3.05, 3.63) is 29.3 Å². The van der Waals surface area contributed by atoms with Crippen LogP contribution in [-0.4, -0.2) is 40.1 Å². The number of phenols is 1. The van der Waals surface area contributed by atoms with Gasteiger partial charge in [0, 0.05) is 18.7 Å². The van der Waals surface area contributed by atoms with Crippen LogP contribution < -0.4 is 0 Å². The lowest BCUT2D eigenvalue weighted by atomic mass is 9.84. The molecule has 0 bridgehead atoms. The number of benzene rings is 1. The number of carboxylic acid groups (broad SMARTS) is 1. The molecule has 1 aromatic carbocycles. The van der Waals surface area contributed by atoms with Crippen molar-refractivity contribution in [3.63, 3.8) is 0 Å². The Morgan fingerprint density at radius 1 is 1.40 bits per heavy atom. The molecule has 1 aliphatic heterocycles. The van der Waals surface area contributed by atoms with Crippen molar-refractivity contribution < 1.29 is 19.8 Å². The minimum Gasteiger partial charge on any atom is -0.508 e. The summed E-state index contributed by atoms with van der Waals surface area (Å²) in [5.74, 6) is -0.992. The number of phenolic OH excluding ortho intramolecular Hbond substituents is 1. The molecule has 2 N–H and O–H groups in total. The third kappa shape index (κ3) is 2.35. The van der Waals surface area contributed by atoms with Crippen molar-refractivity contribution in [1.82, 2.24) is 4.90 Å². The summed E-state index contributed by atoms with van der Waals surface area (Å²) in [6.45, 7) is 4.26. The Bertz CT molecular complexity index is 555. The highest BCUT2D eigenvalue weighted by atomic mass is 16.4. The van der Waals surface area contributed by atoms with E-state index in [0.717, 1.165) is 0 Å². The fraction of sp³-hybridized carbons (Fsp3) is 0.467. The Hall–Kier alpha value is -2.04. The van der Waals surface area contributed by atoms with Crippen LogP contribution in [0.1, 0.15) is 35.7 Å². The number of hydrogen-bond donors (Lipinski definition) is 2. The molecule has 1 heterocycles. The third-order valence-electron chi connectivity index (χ3n) is 4.23. The van der Waals surface area contributed by atoms with Crippen molar-refractivity contribution in [2.75, 3.05) is 13.1 Å². The van der Waals surface area contributed by atoms with Crippen molar-refractivity contribution >= 4 is 11.9 Å². The number of aromatic hydroxyl groups is 1. The molecule has 1 saturated heterocycles. The van der Waals surface area contributed by atoms with Crippen LogP contribution in [0.2, 0.25) is 0 Å². The molecule has 0 saturated carbocycles. The lowest BCUT2D eigenvalue weighted by molar-refractivity contribution is -0.148. The summed E-state index contributed by atoms with van der Waals surface area (Å²) in [5.41, 5.74) is 0.268. The fourth-order valence-corrected chi connectivity index (χ4v) is 2.59. The molecule has 5 heteroatoms. The molecule has 1 aromatic rings. The molecule has 0 aliphatic carbocycles. The lowest BCUT2D eigenvalue weighted by Crippen LogP contribution is -2.36. The van der Waals surface area contributed by atoms with Crippen molar-refractivity contribution in [1.29, 1.82) is 0 Å². The maximum absolute atomic E-state index is 12.4. The number of nitrogens with zero attached hydrogens (tertiary/aromatic N) is 1. The lowest BCUT2D eigenvalue weighted by Gasteiger charge is -2.23. The van der Waals surface area contributed by atoms with Crippen molar-refractivity contribution in [2.24, 2.45) is 5.41 Å². The van der Waals surface area contributed by atoms with E-state index >= 15 is 0 Å². The van der Waals surface area contributed by atoms with Gasteiger partial charge in [0.25, 0.3) is 5.91 Å². The molecule has 0 spiro atoms. The Labute approximate surface area is 117 Å². The first kappa shape index (κ1) is 14.4. The van der Waals surface area contributed by atoms with E-state index in [9.17, 15) is 19.8 Å². The van der Waals surface area contributed by atoms with Crippen LogP contribution in [0.15, 0.2) is 18.2 Å². The normalized spacial score (nSPS) is 22.0. The first-order valence-corrected chi connectivity index (χ1v) is 6.72. The van der Waals surface area contributed by atoms with Gasteiger partial charge in [-0.25, -0.2) is 0 Å². The first-order chi connectivity index (χ1) is 9.39. The molecule has 1 atom stereocenters. The molecule has 2 rings (SSSR count). The molecule has 5 nitrogen and oxygen atoms in total. The second kappa shape index (κ2) is 5.15. The summed E-state index contributed by atoms with van der Waals surface area (Å²) in [4.78, 5) is 25.3. The molecule has 0 radical (unpaired) electrons. The smallest absolute Gasteiger partial charge is 0.311 e. The number of aliphatic carboxylic acids is 1. The standard InChI is InChI=1S/C15H19NO4/c1-3-15(14(19)20)6-7-16(9-15)13(18)11-5-4-10(2)12(17)8-11/h4-5,8,17H,3,6-7,9H2,1-2H3,(H,19,20). The second-order valence-electron chi connectivity index (χ2n) is 5.42. The fourth-order valence-electron chi connectivity index (χ4n) is 2.59. The number of aryl methyl sites for hydroxylation is 1. The number of carbonyl (C=O) groups excluding carboxylic acids is 1. The van der Waals surface area contributed by atoms with Crippen molar-refractivity contribution in [2.45, 2.75) is 26.7 Å². The number of rotatable bonds is 3. The minimum atomic E-state index is -0.845. The van der Waals surface area contributed by atoms with Crippen LogP contribution in [-0.2, 0) is 4.79 Å². The van der Waals surface area contributed by atoms with Gasteiger partial charge in [0.2, 0.25) is 0 Å². The Balaban J connectivity index is 2.19. The van der Waals surface area contributed by atoms with Gasteiger partial charge in [-0.05, 0) is 37.5 Å². The van der Waals surface area contributed by atoms with Gasteiger partial charge in [0.05, 0.1) is 5.41 Å². The average molecular weight is 277 g/mol. The topological polar surface area (TPSA) is 77.8 Å². The summed E-state index contributed by atoms with van der Waals surface area (Å²) >= 11 is 0. The molecule has 1 unspecified atom stereocenters. The maximum atomic E-state index is 12.4. The van der Waals surface area contributed by atoms with E-state index in [4.69, 9.17) is 0 Å². The predicted octanol–water partition coefficient (Wildman–Crippen LogP) is 2.03. The number of amides is 1.